The first kappa shape index (κ1) is 8.82. The summed E-state index contributed by atoms with van der Waals surface area (Å²) in [5, 5.41) is 8.63. The van der Waals surface area contributed by atoms with Crippen molar-refractivity contribution in [3.05, 3.63) is 0 Å². The van der Waals surface area contributed by atoms with Crippen molar-refractivity contribution in [2.75, 3.05) is 6.26 Å². The van der Waals surface area contributed by atoms with Gasteiger partial charge in [0.05, 0.1) is 6.42 Å². The van der Waals surface area contributed by atoms with Crippen LogP contribution in [0.4, 0.5) is 0 Å². The first-order valence-corrected chi connectivity index (χ1v) is 4.24. The van der Waals surface area contributed by atoms with Crippen molar-refractivity contribution in [1.82, 2.24) is 0 Å². The molecule has 0 aromatic rings. The van der Waals surface area contributed by atoms with E-state index in [1.54, 1.807) is 11.8 Å². The molecule has 9 heavy (non-hydrogen) atoms. The van der Waals surface area contributed by atoms with Gasteiger partial charge in [-0.2, -0.15) is 11.8 Å². The van der Waals surface area contributed by atoms with Crippen molar-refractivity contribution in [2.45, 2.75) is 25.0 Å². The second kappa shape index (κ2) is 4.68. The Morgan fingerprint density at radius 1 is 1.78 bits per heavy atom. The van der Waals surface area contributed by atoms with E-state index in [0.29, 0.717) is 5.25 Å². The minimum absolute atomic E-state index is 0.289. The van der Waals surface area contributed by atoms with Crippen LogP contribution >= 0.6 is 11.8 Å². The lowest BCUT2D eigenvalue weighted by Gasteiger charge is -2.06. The summed E-state index contributed by atoms with van der Waals surface area (Å²) < 4.78 is 0. The zero-order valence-electron chi connectivity index (χ0n) is 5.76. The van der Waals surface area contributed by atoms with Gasteiger partial charge in [-0.25, -0.2) is 0 Å². The van der Waals surface area contributed by atoms with Gasteiger partial charge in [-0.05, 0) is 12.7 Å². The molecule has 0 aromatic carbocycles. The Balaban J connectivity index is 3.43. The Kier molecular flexibility index (Phi) is 4.58. The number of thioether (sulfide) groups is 1. The van der Waals surface area contributed by atoms with Crippen LogP contribution in [0.1, 0.15) is 19.8 Å². The molecule has 0 unspecified atom stereocenters. The van der Waals surface area contributed by atoms with E-state index >= 15 is 0 Å². The molecule has 0 spiro atoms. The summed E-state index contributed by atoms with van der Waals surface area (Å²) in [7, 11) is 0. The number of hydrogen-bond acceptors (Lipinski definition) is 2. The summed E-state index contributed by atoms with van der Waals surface area (Å²) in [6.45, 7) is 2.00. The Morgan fingerprint density at radius 3 is 2.44 bits per heavy atom. The minimum atomic E-state index is -0.698. The highest BCUT2D eigenvalue weighted by atomic mass is 32.2. The maximum atomic E-state index is 10.1. The molecule has 54 valence electrons. The molecular formula is C6H12O2S. The maximum absolute atomic E-state index is 10.1. The van der Waals surface area contributed by atoms with Gasteiger partial charge in [0.15, 0.2) is 0 Å². The molecule has 2 nitrogen and oxygen atoms in total. The highest BCUT2D eigenvalue weighted by Crippen LogP contribution is 2.13. The molecule has 0 saturated heterocycles. The van der Waals surface area contributed by atoms with E-state index in [1.165, 1.54) is 0 Å². The second-order valence-corrected chi connectivity index (χ2v) is 3.00. The van der Waals surface area contributed by atoms with E-state index in [0.717, 1.165) is 6.42 Å². The quantitative estimate of drug-likeness (QED) is 0.658. The van der Waals surface area contributed by atoms with Crippen molar-refractivity contribution >= 4 is 17.7 Å². The second-order valence-electron chi connectivity index (χ2n) is 1.86. The largest absolute Gasteiger partial charge is 0.481 e. The van der Waals surface area contributed by atoms with Gasteiger partial charge in [0, 0.05) is 5.25 Å². The molecule has 0 rings (SSSR count). The zero-order chi connectivity index (χ0) is 7.28. The highest BCUT2D eigenvalue weighted by molar-refractivity contribution is 7.99. The normalized spacial score (nSPS) is 13.1. The first-order valence-electron chi connectivity index (χ1n) is 2.95. The molecule has 0 aliphatic rings. The van der Waals surface area contributed by atoms with E-state index in [1.807, 2.05) is 13.2 Å². The average molecular weight is 148 g/mol. The van der Waals surface area contributed by atoms with Gasteiger partial charge in [0.2, 0.25) is 0 Å². The Hall–Kier alpha value is -0.180. The molecule has 3 heteroatoms. The third kappa shape index (κ3) is 4.33. The fourth-order valence-corrected chi connectivity index (χ4v) is 1.23. The molecule has 0 saturated carbocycles. The summed E-state index contributed by atoms with van der Waals surface area (Å²) >= 11 is 1.62. The predicted molar refractivity (Wildman–Crippen MR) is 39.8 cm³/mol. The van der Waals surface area contributed by atoms with Crippen molar-refractivity contribution in [3.8, 4) is 0 Å². The number of carbonyl (C=O) groups is 1. The highest BCUT2D eigenvalue weighted by Gasteiger charge is 2.07. The van der Waals surface area contributed by atoms with Gasteiger partial charge in [-0.3, -0.25) is 4.79 Å². The van der Waals surface area contributed by atoms with Crippen LogP contribution in [0.15, 0.2) is 0 Å². The molecule has 0 radical (unpaired) electrons. The van der Waals surface area contributed by atoms with Crippen LogP contribution in [0.25, 0.3) is 0 Å². The fourth-order valence-electron chi connectivity index (χ4n) is 0.589. The Bertz CT molecular complexity index is 89.1. The van der Waals surface area contributed by atoms with Crippen molar-refractivity contribution in [3.63, 3.8) is 0 Å². The summed E-state index contributed by atoms with van der Waals surface area (Å²) in [5.74, 6) is -0.698. The van der Waals surface area contributed by atoms with Gasteiger partial charge >= 0.3 is 5.97 Å². The predicted octanol–water partition coefficient (Wildman–Crippen LogP) is 1.60. The lowest BCUT2D eigenvalue weighted by Crippen LogP contribution is -2.07. The average Bonchev–Trinajstić information content (AvgIpc) is 1.82. The molecule has 1 N–H and O–H groups in total. The number of rotatable bonds is 4. The first-order chi connectivity index (χ1) is 4.20. The van der Waals surface area contributed by atoms with Crippen molar-refractivity contribution in [1.29, 1.82) is 0 Å². The summed E-state index contributed by atoms with van der Waals surface area (Å²) in [5.41, 5.74) is 0. The van der Waals surface area contributed by atoms with E-state index in [9.17, 15) is 4.79 Å². The van der Waals surface area contributed by atoms with E-state index in [4.69, 9.17) is 5.11 Å². The molecule has 0 fully saturated rings. The summed E-state index contributed by atoms with van der Waals surface area (Å²) in [6, 6.07) is 0. The Morgan fingerprint density at radius 2 is 2.33 bits per heavy atom. The number of carboxylic acids is 1. The van der Waals surface area contributed by atoms with Crippen LogP contribution in [-0.4, -0.2) is 22.6 Å². The lowest BCUT2D eigenvalue weighted by atomic mass is 10.2. The SMILES string of the molecule is CC[C@H](CC(=O)O)SC. The fraction of sp³-hybridized carbons (Fsp3) is 0.833. The van der Waals surface area contributed by atoms with Gasteiger partial charge in [0.1, 0.15) is 0 Å². The lowest BCUT2D eigenvalue weighted by molar-refractivity contribution is -0.136. The van der Waals surface area contributed by atoms with Gasteiger partial charge in [-0.1, -0.05) is 6.92 Å². The molecule has 0 bridgehead atoms. The van der Waals surface area contributed by atoms with Crippen molar-refractivity contribution < 1.29 is 9.90 Å². The molecule has 0 aromatic heterocycles. The molecular weight excluding hydrogens is 136 g/mol. The van der Waals surface area contributed by atoms with Gasteiger partial charge < -0.3 is 5.11 Å². The smallest absolute Gasteiger partial charge is 0.304 e. The third-order valence-corrected chi connectivity index (χ3v) is 2.36. The molecule has 1 atom stereocenters. The molecule has 0 amide bonds. The van der Waals surface area contributed by atoms with Crippen LogP contribution in [0.2, 0.25) is 0 Å². The van der Waals surface area contributed by atoms with E-state index in [2.05, 4.69) is 0 Å². The number of aliphatic carboxylic acids is 1. The number of hydrogen-bond donors (Lipinski definition) is 1. The number of carboxylic acid groups (broad SMARTS) is 1. The van der Waals surface area contributed by atoms with Crippen LogP contribution in [0.5, 0.6) is 0 Å². The molecule has 0 aliphatic heterocycles. The van der Waals surface area contributed by atoms with Gasteiger partial charge in [-0.15, -0.1) is 0 Å². The maximum Gasteiger partial charge on any atom is 0.304 e. The van der Waals surface area contributed by atoms with E-state index in [-0.39, 0.29) is 6.42 Å². The van der Waals surface area contributed by atoms with Crippen molar-refractivity contribution in [2.24, 2.45) is 0 Å². The Labute approximate surface area is 59.6 Å². The van der Waals surface area contributed by atoms with Crippen LogP contribution in [0.3, 0.4) is 0 Å². The van der Waals surface area contributed by atoms with E-state index < -0.39 is 5.97 Å². The molecule has 0 aliphatic carbocycles. The zero-order valence-corrected chi connectivity index (χ0v) is 6.57. The monoisotopic (exact) mass is 148 g/mol. The van der Waals surface area contributed by atoms with Crippen LogP contribution in [0, 0.1) is 0 Å². The standard InChI is InChI=1S/C6H12O2S/c1-3-5(9-2)4-6(7)8/h5H,3-4H2,1-2H3,(H,7,8)/t5-/m1/s1. The van der Waals surface area contributed by atoms with Gasteiger partial charge in [0.25, 0.3) is 0 Å². The topological polar surface area (TPSA) is 37.3 Å². The summed E-state index contributed by atoms with van der Waals surface area (Å²) in [6.07, 6.45) is 3.17. The van der Waals surface area contributed by atoms with Crippen LogP contribution in [-0.2, 0) is 4.79 Å². The molecule has 0 heterocycles. The summed E-state index contributed by atoms with van der Waals surface area (Å²) in [4.78, 5) is 10.1. The minimum Gasteiger partial charge on any atom is -0.481 e. The van der Waals surface area contributed by atoms with Crippen LogP contribution < -0.4 is 0 Å². The third-order valence-electron chi connectivity index (χ3n) is 1.19.